The molecule has 1 fully saturated rings. The summed E-state index contributed by atoms with van der Waals surface area (Å²) >= 11 is 0. The minimum Gasteiger partial charge on any atom is -0.497 e. The van der Waals surface area contributed by atoms with Gasteiger partial charge in [-0.15, -0.1) is 0 Å². The molecule has 11 nitrogen and oxygen atoms in total. The molecule has 0 bridgehead atoms. The Labute approximate surface area is 197 Å². The van der Waals surface area contributed by atoms with Gasteiger partial charge in [0.2, 0.25) is 0 Å². The van der Waals surface area contributed by atoms with Crippen LogP contribution in [0.2, 0.25) is 0 Å². The molecule has 1 saturated heterocycles. The Morgan fingerprint density at radius 3 is 1.65 bits per heavy atom. The van der Waals surface area contributed by atoms with Crippen molar-refractivity contribution in [1.82, 2.24) is 5.32 Å². The van der Waals surface area contributed by atoms with E-state index in [0.29, 0.717) is 24.3 Å². The molecule has 0 aromatic heterocycles. The number of piperidine rings is 1. The van der Waals surface area contributed by atoms with Crippen LogP contribution in [0.5, 0.6) is 5.75 Å². The molecule has 1 heterocycles. The number of nitrogens with one attached hydrogen (secondary N) is 1. The van der Waals surface area contributed by atoms with E-state index in [1.807, 2.05) is 24.3 Å². The molecular formula is C23H31NO10. The molecule has 0 radical (unpaired) electrons. The van der Waals surface area contributed by atoms with Crippen molar-refractivity contribution in [3.63, 3.8) is 0 Å². The number of carbonyl (C=O) groups is 4. The van der Waals surface area contributed by atoms with Crippen LogP contribution in [0.25, 0.3) is 0 Å². The Balaban J connectivity index is 0.000000570. The first-order valence-electron chi connectivity index (χ1n) is 10.4. The van der Waals surface area contributed by atoms with Crippen molar-refractivity contribution in [2.24, 2.45) is 5.92 Å². The molecule has 2 rings (SSSR count). The standard InChI is InChI=1S/C15H23NO2.2C4H4O4/c1-18-14-5-3-13(4-6-14)15(17)7-2-12-8-10-16-11-9-12;2*5-3(6)1-2-4(7)8/h3-6,12,15-17H,2,7-11H2,1H3;2*1-2H,(H,5,6)(H,7,8)/b;2*2-1+. The van der Waals surface area contributed by atoms with Crippen LogP contribution in [-0.4, -0.2) is 69.6 Å². The first kappa shape index (κ1) is 30.3. The fourth-order valence-electron chi connectivity index (χ4n) is 2.84. The van der Waals surface area contributed by atoms with Gasteiger partial charge in [0.15, 0.2) is 0 Å². The molecule has 1 aliphatic rings. The third kappa shape index (κ3) is 16.9. The third-order valence-electron chi connectivity index (χ3n) is 4.54. The van der Waals surface area contributed by atoms with Gasteiger partial charge in [0.1, 0.15) is 5.75 Å². The first-order valence-corrected chi connectivity index (χ1v) is 10.4. The molecular weight excluding hydrogens is 450 g/mol. The lowest BCUT2D eigenvalue weighted by Crippen LogP contribution is -2.27. The van der Waals surface area contributed by atoms with E-state index < -0.39 is 23.9 Å². The number of aliphatic hydroxyl groups excluding tert-OH is 1. The zero-order valence-corrected chi connectivity index (χ0v) is 18.8. The monoisotopic (exact) mass is 481 g/mol. The summed E-state index contributed by atoms with van der Waals surface area (Å²) in [4.78, 5) is 38.2. The van der Waals surface area contributed by atoms with E-state index in [-0.39, 0.29) is 6.10 Å². The van der Waals surface area contributed by atoms with E-state index >= 15 is 0 Å². The Hall–Kier alpha value is -3.70. The van der Waals surface area contributed by atoms with E-state index in [0.717, 1.165) is 43.2 Å². The number of ether oxygens (including phenoxy) is 1. The molecule has 6 N–H and O–H groups in total. The first-order chi connectivity index (χ1) is 16.0. The number of aliphatic carboxylic acids is 4. The van der Waals surface area contributed by atoms with E-state index in [1.54, 1.807) is 7.11 Å². The molecule has 34 heavy (non-hydrogen) atoms. The van der Waals surface area contributed by atoms with Crippen LogP contribution >= 0.6 is 0 Å². The smallest absolute Gasteiger partial charge is 0.328 e. The molecule has 0 amide bonds. The van der Waals surface area contributed by atoms with Crippen molar-refractivity contribution in [3.05, 3.63) is 54.1 Å². The SMILES string of the molecule is COc1ccc(C(O)CCC2CCNCC2)cc1.O=C(O)/C=C/C(=O)O.O=C(O)/C=C/C(=O)O. The van der Waals surface area contributed by atoms with E-state index in [2.05, 4.69) is 5.32 Å². The van der Waals surface area contributed by atoms with Gasteiger partial charge < -0.3 is 35.6 Å². The quantitative estimate of drug-likeness (QED) is 0.282. The highest BCUT2D eigenvalue weighted by atomic mass is 16.5. The second-order valence-corrected chi connectivity index (χ2v) is 7.08. The predicted octanol–water partition coefficient (Wildman–Crippen LogP) is 1.93. The molecule has 0 saturated carbocycles. The van der Waals surface area contributed by atoms with Gasteiger partial charge in [-0.05, 0) is 62.4 Å². The van der Waals surface area contributed by atoms with Crippen molar-refractivity contribution in [2.45, 2.75) is 31.8 Å². The molecule has 1 aliphatic heterocycles. The number of benzene rings is 1. The maximum Gasteiger partial charge on any atom is 0.328 e. The van der Waals surface area contributed by atoms with E-state index in [9.17, 15) is 24.3 Å². The lowest BCUT2D eigenvalue weighted by atomic mass is 9.91. The minimum absolute atomic E-state index is 0.342. The summed E-state index contributed by atoms with van der Waals surface area (Å²) < 4.78 is 5.12. The van der Waals surface area contributed by atoms with Crippen molar-refractivity contribution in [3.8, 4) is 5.75 Å². The fourth-order valence-corrected chi connectivity index (χ4v) is 2.84. The topological polar surface area (TPSA) is 191 Å². The molecule has 188 valence electrons. The van der Waals surface area contributed by atoms with Gasteiger partial charge in [-0.2, -0.15) is 0 Å². The van der Waals surface area contributed by atoms with Gasteiger partial charge in [0.05, 0.1) is 13.2 Å². The molecule has 11 heteroatoms. The maximum atomic E-state index is 10.2. The lowest BCUT2D eigenvalue weighted by Gasteiger charge is -2.23. The van der Waals surface area contributed by atoms with Gasteiger partial charge in [-0.25, -0.2) is 19.2 Å². The summed E-state index contributed by atoms with van der Waals surface area (Å²) in [7, 11) is 1.66. The third-order valence-corrected chi connectivity index (χ3v) is 4.54. The molecule has 1 aromatic rings. The summed E-state index contributed by atoms with van der Waals surface area (Å²) in [6.07, 6.45) is 6.36. The largest absolute Gasteiger partial charge is 0.497 e. The molecule has 1 atom stereocenters. The van der Waals surface area contributed by atoms with Crippen molar-refractivity contribution >= 4 is 23.9 Å². The van der Waals surface area contributed by atoms with Crippen molar-refractivity contribution < 1.29 is 49.4 Å². The summed E-state index contributed by atoms with van der Waals surface area (Å²) in [6, 6.07) is 7.71. The van der Waals surface area contributed by atoms with Crippen LogP contribution in [0.4, 0.5) is 0 Å². The van der Waals surface area contributed by atoms with Gasteiger partial charge in [0, 0.05) is 24.3 Å². The fraction of sp³-hybridized carbons (Fsp3) is 0.391. The average Bonchev–Trinajstić information content (AvgIpc) is 2.81. The number of carboxylic acids is 4. The second kappa shape index (κ2) is 17.8. The number of hydrogen-bond donors (Lipinski definition) is 6. The van der Waals surface area contributed by atoms with Crippen molar-refractivity contribution in [2.75, 3.05) is 20.2 Å². The second-order valence-electron chi connectivity index (χ2n) is 7.08. The zero-order chi connectivity index (χ0) is 25.9. The summed E-state index contributed by atoms with van der Waals surface area (Å²) in [5.74, 6) is -3.41. The van der Waals surface area contributed by atoms with Crippen LogP contribution in [0.3, 0.4) is 0 Å². The van der Waals surface area contributed by atoms with Gasteiger partial charge >= 0.3 is 23.9 Å². The number of methoxy groups -OCH3 is 1. The van der Waals surface area contributed by atoms with E-state index in [1.165, 1.54) is 12.8 Å². The van der Waals surface area contributed by atoms with Gasteiger partial charge in [0.25, 0.3) is 0 Å². The van der Waals surface area contributed by atoms with Gasteiger partial charge in [-0.1, -0.05) is 12.1 Å². The number of carboxylic acid groups (broad SMARTS) is 4. The van der Waals surface area contributed by atoms with Crippen LogP contribution < -0.4 is 10.1 Å². The highest BCUT2D eigenvalue weighted by Crippen LogP contribution is 2.26. The predicted molar refractivity (Wildman–Crippen MR) is 122 cm³/mol. The van der Waals surface area contributed by atoms with Crippen molar-refractivity contribution in [1.29, 1.82) is 0 Å². The number of rotatable bonds is 9. The van der Waals surface area contributed by atoms with Crippen LogP contribution in [0.1, 0.15) is 37.4 Å². The molecule has 0 spiro atoms. The highest BCUT2D eigenvalue weighted by molar-refractivity contribution is 5.90. The Kier molecular flexibility index (Phi) is 15.9. The average molecular weight is 481 g/mol. The Morgan fingerprint density at radius 2 is 1.29 bits per heavy atom. The normalized spacial score (nSPS) is 14.3. The van der Waals surface area contributed by atoms with Crippen LogP contribution in [0, 0.1) is 5.92 Å². The Bertz CT molecular complexity index is 761. The number of hydrogen-bond acceptors (Lipinski definition) is 7. The number of aliphatic hydroxyl groups is 1. The minimum atomic E-state index is -1.26. The summed E-state index contributed by atoms with van der Waals surface area (Å²) in [5.41, 5.74) is 0.990. The van der Waals surface area contributed by atoms with Crippen LogP contribution in [0.15, 0.2) is 48.6 Å². The van der Waals surface area contributed by atoms with Crippen LogP contribution in [-0.2, 0) is 19.2 Å². The maximum absolute atomic E-state index is 10.2. The summed E-state index contributed by atoms with van der Waals surface area (Å²) in [6.45, 7) is 2.26. The molecule has 1 aromatic carbocycles. The zero-order valence-electron chi connectivity index (χ0n) is 18.8. The lowest BCUT2D eigenvalue weighted by molar-refractivity contribution is -0.134. The summed E-state index contributed by atoms with van der Waals surface area (Å²) in [5, 5.41) is 44.8. The van der Waals surface area contributed by atoms with Gasteiger partial charge in [-0.3, -0.25) is 0 Å². The molecule has 1 unspecified atom stereocenters. The van der Waals surface area contributed by atoms with E-state index in [4.69, 9.17) is 25.2 Å². The Morgan fingerprint density at radius 1 is 0.882 bits per heavy atom. The highest BCUT2D eigenvalue weighted by Gasteiger charge is 2.15. The molecule has 0 aliphatic carbocycles.